The number of aliphatic hydroxyl groups is 2. The van der Waals surface area contributed by atoms with Gasteiger partial charge in [-0.15, -0.1) is 0 Å². The molecular weight excluding hydrogens is 336 g/mol. The van der Waals surface area contributed by atoms with Crippen LogP contribution in [0, 0.1) is 11.8 Å². The Kier molecular flexibility index (Phi) is 7.17. The fraction of sp³-hybridized carbons (Fsp3) is 0.600. The largest absolute Gasteiger partial charge is 0.458 e. The maximum absolute atomic E-state index is 12.3. The third-order valence-electron chi connectivity index (χ3n) is 5.24. The summed E-state index contributed by atoms with van der Waals surface area (Å²) in [7, 11) is 0. The van der Waals surface area contributed by atoms with Gasteiger partial charge < -0.3 is 19.7 Å². The van der Waals surface area contributed by atoms with E-state index in [-0.39, 0.29) is 24.7 Å². The third-order valence-corrected chi connectivity index (χ3v) is 5.24. The molecule has 2 rings (SSSR count). The van der Waals surface area contributed by atoms with E-state index >= 15 is 0 Å². The minimum Gasteiger partial charge on any atom is -0.458 e. The van der Waals surface area contributed by atoms with E-state index in [1.807, 2.05) is 6.08 Å². The molecule has 1 fully saturated rings. The van der Waals surface area contributed by atoms with E-state index in [0.717, 1.165) is 12.0 Å². The zero-order valence-corrected chi connectivity index (χ0v) is 15.4. The van der Waals surface area contributed by atoms with Crippen LogP contribution in [0.2, 0.25) is 0 Å². The lowest BCUT2D eigenvalue weighted by Gasteiger charge is -2.30. The predicted molar refractivity (Wildman–Crippen MR) is 96.0 cm³/mol. The molecule has 6 nitrogen and oxygen atoms in total. The molecule has 0 aromatic heterocycles. The Hall–Kier alpha value is -1.92. The number of carbonyl (C=O) groups is 2. The third kappa shape index (κ3) is 4.62. The highest BCUT2D eigenvalue weighted by atomic mass is 16.6. The van der Waals surface area contributed by atoms with Crippen LogP contribution in [-0.2, 0) is 19.1 Å². The zero-order valence-electron chi connectivity index (χ0n) is 15.4. The smallest absolute Gasteiger partial charge is 0.334 e. The van der Waals surface area contributed by atoms with Gasteiger partial charge in [-0.1, -0.05) is 18.7 Å². The van der Waals surface area contributed by atoms with Gasteiger partial charge in [0.15, 0.2) is 0 Å². The molecule has 0 amide bonds. The predicted octanol–water partition coefficient (Wildman–Crippen LogP) is 2.06. The van der Waals surface area contributed by atoms with Crippen molar-refractivity contribution in [3.63, 3.8) is 0 Å². The van der Waals surface area contributed by atoms with Gasteiger partial charge in [-0.25, -0.2) is 9.59 Å². The molecule has 0 unspecified atom stereocenters. The number of hydrogen-bond acceptors (Lipinski definition) is 6. The summed E-state index contributed by atoms with van der Waals surface area (Å²) in [4.78, 5) is 24.4. The molecule has 0 bridgehead atoms. The lowest BCUT2D eigenvalue weighted by atomic mass is 9.81. The first-order valence-electron chi connectivity index (χ1n) is 9.04. The molecule has 0 aromatic carbocycles. The van der Waals surface area contributed by atoms with Crippen LogP contribution in [0.5, 0.6) is 0 Å². The van der Waals surface area contributed by atoms with Crippen LogP contribution in [0.15, 0.2) is 35.5 Å². The topological polar surface area (TPSA) is 93.1 Å². The standard InChI is InChI=1S/C20H28O6/c1-4-12(2)19(23)25-16-8-14(10-21)6-5-7-15(11-22)9-17-18(16)13(3)20(24)26-17/h4,6,15-18,21-22H,3,5,7-11H2,1-2H3/b12-4+,14-6?/t15-,16-,17-,18-/m1/s1. The first-order valence-corrected chi connectivity index (χ1v) is 9.04. The van der Waals surface area contributed by atoms with Gasteiger partial charge in [0, 0.05) is 24.2 Å². The van der Waals surface area contributed by atoms with Crippen molar-refractivity contribution in [2.75, 3.05) is 13.2 Å². The van der Waals surface area contributed by atoms with Gasteiger partial charge in [0.2, 0.25) is 0 Å². The molecular formula is C20H28O6. The van der Waals surface area contributed by atoms with Crippen LogP contribution in [0.3, 0.4) is 0 Å². The van der Waals surface area contributed by atoms with Crippen LogP contribution in [0.4, 0.5) is 0 Å². The first-order chi connectivity index (χ1) is 12.4. The summed E-state index contributed by atoms with van der Waals surface area (Å²) in [6.45, 7) is 7.09. The van der Waals surface area contributed by atoms with Crippen LogP contribution < -0.4 is 0 Å². The van der Waals surface area contributed by atoms with Crippen molar-refractivity contribution >= 4 is 11.9 Å². The second-order valence-corrected chi connectivity index (χ2v) is 7.00. The second-order valence-electron chi connectivity index (χ2n) is 7.00. The maximum Gasteiger partial charge on any atom is 0.334 e. The Morgan fingerprint density at radius 2 is 2.19 bits per heavy atom. The number of hydrogen-bond donors (Lipinski definition) is 2. The van der Waals surface area contributed by atoms with Crippen molar-refractivity contribution in [1.29, 1.82) is 0 Å². The van der Waals surface area contributed by atoms with Crippen LogP contribution in [0.1, 0.15) is 39.5 Å². The highest BCUT2D eigenvalue weighted by Gasteiger charge is 2.46. The van der Waals surface area contributed by atoms with Gasteiger partial charge in [-0.2, -0.15) is 0 Å². The van der Waals surface area contributed by atoms with E-state index in [1.54, 1.807) is 19.9 Å². The summed E-state index contributed by atoms with van der Waals surface area (Å²) in [6, 6.07) is 0. The molecule has 0 spiro atoms. The van der Waals surface area contributed by atoms with Crippen molar-refractivity contribution in [3.8, 4) is 0 Å². The average Bonchev–Trinajstić information content (AvgIpc) is 2.91. The van der Waals surface area contributed by atoms with E-state index < -0.39 is 30.1 Å². The zero-order chi connectivity index (χ0) is 19.3. The normalized spacial score (nSPS) is 30.3. The van der Waals surface area contributed by atoms with E-state index in [4.69, 9.17) is 9.47 Å². The molecule has 6 heteroatoms. The highest BCUT2D eigenvalue weighted by molar-refractivity contribution is 5.91. The number of allylic oxidation sites excluding steroid dienone is 2. The monoisotopic (exact) mass is 364 g/mol. The molecule has 1 saturated heterocycles. The molecule has 26 heavy (non-hydrogen) atoms. The van der Waals surface area contributed by atoms with Crippen molar-refractivity contribution in [1.82, 2.24) is 0 Å². The molecule has 1 aliphatic heterocycles. The lowest BCUT2D eigenvalue weighted by molar-refractivity contribution is -0.148. The summed E-state index contributed by atoms with van der Waals surface area (Å²) in [5.74, 6) is -1.48. The minimum atomic E-state index is -0.655. The van der Waals surface area contributed by atoms with E-state index in [9.17, 15) is 19.8 Å². The van der Waals surface area contributed by atoms with Gasteiger partial charge >= 0.3 is 11.9 Å². The van der Waals surface area contributed by atoms with Crippen molar-refractivity contribution < 1.29 is 29.3 Å². The van der Waals surface area contributed by atoms with Crippen LogP contribution >= 0.6 is 0 Å². The molecule has 144 valence electrons. The number of carbonyl (C=O) groups excluding carboxylic acids is 2. The minimum absolute atomic E-state index is 0.0162. The van der Waals surface area contributed by atoms with Crippen LogP contribution in [-0.4, -0.2) is 47.6 Å². The first kappa shape index (κ1) is 20.4. The van der Waals surface area contributed by atoms with E-state index in [1.165, 1.54) is 0 Å². The van der Waals surface area contributed by atoms with Crippen LogP contribution in [0.25, 0.3) is 0 Å². The number of fused-ring (bicyclic) bond motifs is 1. The Balaban J connectivity index is 2.37. The molecule has 0 aromatic rings. The fourth-order valence-electron chi connectivity index (χ4n) is 3.50. The Labute approximate surface area is 154 Å². The summed E-state index contributed by atoms with van der Waals surface area (Å²) >= 11 is 0. The number of esters is 2. The summed E-state index contributed by atoms with van der Waals surface area (Å²) < 4.78 is 11.2. The van der Waals surface area contributed by atoms with Crippen molar-refractivity contribution in [2.45, 2.75) is 51.7 Å². The van der Waals surface area contributed by atoms with Gasteiger partial charge in [-0.05, 0) is 44.6 Å². The highest BCUT2D eigenvalue weighted by Crippen LogP contribution is 2.38. The van der Waals surface area contributed by atoms with Crippen molar-refractivity contribution in [3.05, 3.63) is 35.5 Å². The average molecular weight is 364 g/mol. The van der Waals surface area contributed by atoms with E-state index in [2.05, 4.69) is 6.58 Å². The molecule has 2 N–H and O–H groups in total. The number of ether oxygens (including phenoxy) is 2. The molecule has 4 atom stereocenters. The summed E-state index contributed by atoms with van der Waals surface area (Å²) in [5.41, 5.74) is 1.49. The maximum atomic E-state index is 12.3. The fourth-order valence-corrected chi connectivity index (χ4v) is 3.50. The molecule has 1 aliphatic carbocycles. The molecule has 2 aliphatic rings. The summed E-state index contributed by atoms with van der Waals surface area (Å²) in [5, 5.41) is 19.3. The van der Waals surface area contributed by atoms with E-state index in [0.29, 0.717) is 24.8 Å². The second kappa shape index (κ2) is 9.14. The Morgan fingerprint density at radius 3 is 2.81 bits per heavy atom. The summed E-state index contributed by atoms with van der Waals surface area (Å²) in [6.07, 6.45) is 4.68. The number of rotatable bonds is 4. The van der Waals surface area contributed by atoms with Crippen molar-refractivity contribution in [2.24, 2.45) is 11.8 Å². The Morgan fingerprint density at radius 1 is 1.46 bits per heavy atom. The van der Waals surface area contributed by atoms with Gasteiger partial charge in [-0.3, -0.25) is 0 Å². The molecule has 1 heterocycles. The van der Waals surface area contributed by atoms with Gasteiger partial charge in [0.1, 0.15) is 12.2 Å². The molecule has 0 radical (unpaired) electrons. The molecule has 0 saturated carbocycles. The quantitative estimate of drug-likeness (QED) is 0.451. The van der Waals surface area contributed by atoms with Gasteiger partial charge in [0.05, 0.1) is 12.5 Å². The SMILES string of the molecule is C=C1C(=O)O[C@@H]2C[C@H](CO)CCC=C(CO)C[C@@H](OC(=O)/C(C)=C/C)[C@@H]12. The number of aliphatic hydroxyl groups excluding tert-OH is 2. The lowest BCUT2D eigenvalue weighted by Crippen LogP contribution is -2.36. The Bertz CT molecular complexity index is 618. The van der Waals surface area contributed by atoms with Gasteiger partial charge in [0.25, 0.3) is 0 Å².